The Morgan fingerprint density at radius 2 is 1.47 bits per heavy atom. The summed E-state index contributed by atoms with van der Waals surface area (Å²) in [6.45, 7) is 0.425. The largest absolute Gasteiger partial charge is 0.497 e. The first-order valence-electron chi connectivity index (χ1n) is 10.4. The van der Waals surface area contributed by atoms with Crippen molar-refractivity contribution in [3.63, 3.8) is 0 Å². The number of nitrogens with two attached hydrogens (primary N) is 2. The average Bonchev–Trinajstić information content (AvgIpc) is 3.31. The third-order valence-electron chi connectivity index (χ3n) is 4.40. The summed E-state index contributed by atoms with van der Waals surface area (Å²) in [5.41, 5.74) is 7.53. The zero-order valence-corrected chi connectivity index (χ0v) is 19.4. The summed E-state index contributed by atoms with van der Waals surface area (Å²) in [7, 11) is 0. The lowest BCUT2D eigenvalue weighted by Crippen LogP contribution is -2.25. The van der Waals surface area contributed by atoms with E-state index in [1.807, 2.05) is 0 Å². The highest BCUT2D eigenvalue weighted by Gasteiger charge is 2.30. The highest BCUT2D eigenvalue weighted by molar-refractivity contribution is 6.02. The highest BCUT2D eigenvalue weighted by Crippen LogP contribution is 2.38. The van der Waals surface area contributed by atoms with E-state index < -0.39 is 49.5 Å². The number of benzene rings is 1. The molecule has 0 atom stereocenters. The third-order valence-corrected chi connectivity index (χ3v) is 4.40. The van der Waals surface area contributed by atoms with E-state index in [1.54, 1.807) is 0 Å². The number of non-ortho nitro benzene ring substituents is 1. The van der Waals surface area contributed by atoms with E-state index in [2.05, 4.69) is 15.3 Å². The molecule has 2 rings (SSSR count). The highest BCUT2D eigenvalue weighted by atomic mass is 16.6. The van der Waals surface area contributed by atoms with E-state index in [0.717, 1.165) is 0 Å². The smallest absolute Gasteiger partial charge is 0.324 e. The molecule has 2 amide bonds. The van der Waals surface area contributed by atoms with Crippen molar-refractivity contribution in [2.45, 2.75) is 25.7 Å². The van der Waals surface area contributed by atoms with Gasteiger partial charge in [0.2, 0.25) is 0 Å². The lowest BCUT2D eigenvalue weighted by atomic mass is 10.2. The minimum atomic E-state index is -1.21. The number of aromatic hydroxyl groups is 1. The molecule has 1 aromatic heterocycles. The van der Waals surface area contributed by atoms with Crippen molar-refractivity contribution in [2.75, 3.05) is 6.54 Å². The molecule has 2 aromatic rings. The fourth-order valence-corrected chi connectivity index (χ4v) is 2.68. The predicted molar refractivity (Wildman–Crippen MR) is 127 cm³/mol. The molecular weight excluding hydrogens is 516 g/mol. The van der Waals surface area contributed by atoms with Crippen LogP contribution in [-0.2, 0) is 4.79 Å². The van der Waals surface area contributed by atoms with Crippen LogP contribution >= 0.6 is 0 Å². The number of nitrogens with one attached hydrogen (secondary N) is 2. The van der Waals surface area contributed by atoms with Crippen LogP contribution in [0.15, 0.2) is 29.3 Å². The van der Waals surface area contributed by atoms with Crippen LogP contribution in [0.25, 0.3) is 0 Å². The molecule has 8 N–H and O–H groups in total. The number of nitro benzene ring substituents is 3. The van der Waals surface area contributed by atoms with Gasteiger partial charge in [-0.25, -0.2) is 0 Å². The number of carbonyl (C=O) groups is 3. The van der Waals surface area contributed by atoms with Gasteiger partial charge in [-0.15, -0.1) is 0 Å². The number of aromatic nitrogens is 1. The van der Waals surface area contributed by atoms with Crippen molar-refractivity contribution in [3.8, 4) is 5.75 Å². The average molecular weight is 538 g/mol. The number of carboxylic acids is 1. The first-order chi connectivity index (χ1) is 17.7. The van der Waals surface area contributed by atoms with Crippen LogP contribution < -0.4 is 16.8 Å². The second-order valence-electron chi connectivity index (χ2n) is 7.19. The summed E-state index contributed by atoms with van der Waals surface area (Å²) in [6, 6.07) is 3.76. The number of nitrogens with zero attached hydrogens (tertiary/aromatic N) is 4. The van der Waals surface area contributed by atoms with Gasteiger partial charge >= 0.3 is 17.3 Å². The Labute approximate surface area is 211 Å². The van der Waals surface area contributed by atoms with E-state index >= 15 is 0 Å². The molecule has 0 bridgehead atoms. The molecule has 0 unspecified atom stereocenters. The van der Waals surface area contributed by atoms with Crippen LogP contribution in [-0.4, -0.2) is 60.3 Å². The number of amides is 2. The first kappa shape index (κ1) is 30.4. The zero-order chi connectivity index (χ0) is 29.0. The van der Waals surface area contributed by atoms with Gasteiger partial charge in [0.1, 0.15) is 11.4 Å². The molecule has 0 saturated carbocycles. The molecule has 19 nitrogen and oxygen atoms in total. The number of unbranched alkanes of at least 4 members (excludes halogenated alkanes) is 2. The molecule has 0 aliphatic heterocycles. The summed E-state index contributed by atoms with van der Waals surface area (Å²) in [5, 5.41) is 51.4. The number of aliphatic carboxylic acids is 1. The summed E-state index contributed by atoms with van der Waals surface area (Å²) >= 11 is 0. The van der Waals surface area contributed by atoms with Gasteiger partial charge in [0.15, 0.2) is 5.96 Å². The van der Waals surface area contributed by atoms with Gasteiger partial charge in [-0.3, -0.25) is 44.7 Å². The molecule has 0 radical (unpaired) electrons. The van der Waals surface area contributed by atoms with Crippen molar-refractivity contribution < 1.29 is 39.4 Å². The van der Waals surface area contributed by atoms with Crippen LogP contribution in [0.5, 0.6) is 5.75 Å². The monoisotopic (exact) mass is 538 g/mol. The molecule has 38 heavy (non-hydrogen) atoms. The number of aromatic amines is 1. The van der Waals surface area contributed by atoms with Crippen molar-refractivity contribution in [1.82, 2.24) is 10.3 Å². The van der Waals surface area contributed by atoms with Crippen molar-refractivity contribution in [1.29, 1.82) is 0 Å². The topological polar surface area (TPSA) is 313 Å². The molecule has 19 heteroatoms. The van der Waals surface area contributed by atoms with Crippen molar-refractivity contribution >= 4 is 40.8 Å². The van der Waals surface area contributed by atoms with Gasteiger partial charge in [0.25, 0.3) is 23.3 Å². The number of aliphatic imine (C=N–C) groups is 1. The number of H-pyrrole nitrogens is 1. The Morgan fingerprint density at radius 3 is 1.95 bits per heavy atom. The summed E-state index contributed by atoms with van der Waals surface area (Å²) in [6.07, 6.45) is 2.09. The minimum Gasteiger partial charge on any atom is -0.497 e. The molecule has 0 aliphatic rings. The standard InChI is InChI=1S/C13H19N5O4.C6H3N3O7/c14-13(15)18-12(22)9-6-5-8(17-9)11(21)16-7-3-1-2-4-10(19)20;10-6-4(8(13)14)1-3(7(11)12)2-5(6)9(15)16/h5-6,17H,1-4,7H2,(H,16,21)(H,19,20)(H4,14,15,18,22);1-2,10H. The van der Waals surface area contributed by atoms with Crippen LogP contribution in [0.3, 0.4) is 0 Å². The number of rotatable bonds is 11. The minimum absolute atomic E-state index is 0.111. The van der Waals surface area contributed by atoms with Crippen molar-refractivity contribution in [2.24, 2.45) is 16.5 Å². The van der Waals surface area contributed by atoms with Crippen LogP contribution in [0.4, 0.5) is 17.1 Å². The molecular formula is C19H22N8O11. The number of hydrogen-bond donors (Lipinski definition) is 6. The SMILES string of the molecule is NC(N)=NC(=O)c1ccc(C(=O)NCCCCCC(=O)O)[nH]1.O=[N+]([O-])c1cc([N+](=O)[O-])c(O)c([N+](=O)[O-])c1. The first-order valence-corrected chi connectivity index (χ1v) is 10.4. The van der Waals surface area contributed by atoms with Crippen LogP contribution in [0, 0.1) is 30.3 Å². The zero-order valence-electron chi connectivity index (χ0n) is 19.4. The molecule has 0 aliphatic carbocycles. The molecule has 0 spiro atoms. The number of guanidine groups is 1. The maximum Gasteiger partial charge on any atom is 0.324 e. The van der Waals surface area contributed by atoms with E-state index in [1.165, 1.54) is 12.1 Å². The maximum absolute atomic E-state index is 11.8. The van der Waals surface area contributed by atoms with Crippen molar-refractivity contribution in [3.05, 3.63) is 66.0 Å². The van der Waals surface area contributed by atoms with Gasteiger partial charge in [0, 0.05) is 13.0 Å². The Morgan fingerprint density at radius 1 is 0.921 bits per heavy atom. The lowest BCUT2D eigenvalue weighted by Gasteiger charge is -2.03. The molecule has 204 valence electrons. The molecule has 0 saturated heterocycles. The van der Waals surface area contributed by atoms with E-state index in [0.29, 0.717) is 37.9 Å². The van der Waals surface area contributed by atoms with Crippen LogP contribution in [0.2, 0.25) is 0 Å². The van der Waals surface area contributed by atoms with E-state index in [4.69, 9.17) is 21.7 Å². The number of nitro groups is 3. The number of carboxylic acid groups (broad SMARTS) is 1. The van der Waals surface area contributed by atoms with Gasteiger partial charge in [-0.1, -0.05) is 6.42 Å². The van der Waals surface area contributed by atoms with Gasteiger partial charge < -0.3 is 32.0 Å². The quantitative estimate of drug-likeness (QED) is 0.0762. The summed E-state index contributed by atoms with van der Waals surface area (Å²) in [5.74, 6) is -3.41. The number of carbonyl (C=O) groups excluding carboxylic acids is 2. The van der Waals surface area contributed by atoms with E-state index in [-0.39, 0.29) is 29.7 Å². The number of phenolic OH excluding ortho intramolecular Hbond substituents is 1. The predicted octanol–water partition coefficient (Wildman–Crippen LogP) is 0.920. The Bertz CT molecular complexity index is 1230. The summed E-state index contributed by atoms with van der Waals surface area (Å²) < 4.78 is 0. The molecule has 1 heterocycles. The Balaban J connectivity index is 0.000000399. The van der Waals surface area contributed by atoms with Crippen LogP contribution in [0.1, 0.15) is 46.7 Å². The summed E-state index contributed by atoms with van der Waals surface area (Å²) in [4.78, 5) is 67.4. The Kier molecular flexibility index (Phi) is 11.3. The normalized spacial score (nSPS) is 9.89. The second-order valence-corrected chi connectivity index (χ2v) is 7.19. The molecule has 0 fully saturated rings. The lowest BCUT2D eigenvalue weighted by molar-refractivity contribution is -0.404. The fourth-order valence-electron chi connectivity index (χ4n) is 2.68. The van der Waals surface area contributed by atoms with Gasteiger partial charge in [0.05, 0.1) is 26.9 Å². The third kappa shape index (κ3) is 9.56. The number of phenols is 1. The molecule has 1 aromatic carbocycles. The fraction of sp³-hybridized carbons (Fsp3) is 0.263. The van der Waals surface area contributed by atoms with E-state index in [9.17, 15) is 44.7 Å². The number of hydrogen-bond acceptors (Lipinski definition) is 10. The van der Waals surface area contributed by atoms with Gasteiger partial charge in [-0.2, -0.15) is 4.99 Å². The maximum atomic E-state index is 11.8. The second kappa shape index (κ2) is 14.1. The Hall–Kier alpha value is -5.62. The van der Waals surface area contributed by atoms with Gasteiger partial charge in [-0.05, 0) is 25.0 Å².